The van der Waals surface area contributed by atoms with Crippen molar-refractivity contribution in [2.75, 3.05) is 0 Å². The van der Waals surface area contributed by atoms with Gasteiger partial charge in [0.25, 0.3) is 0 Å². The minimum atomic E-state index is -1.63. The van der Waals surface area contributed by atoms with Gasteiger partial charge >= 0.3 is 5.97 Å². The number of carboxylic acid groups (broad SMARTS) is 1. The third-order valence-electron chi connectivity index (χ3n) is 1.61. The lowest BCUT2D eigenvalue weighted by molar-refractivity contribution is -0.146. The SMILES string of the molecule is N#Cc1ccccc1C(O)C(=O)O. The molecular weight excluding hydrogens is 170 g/mol. The van der Waals surface area contributed by atoms with Gasteiger partial charge in [-0.05, 0) is 6.07 Å². The maximum atomic E-state index is 10.4. The van der Waals surface area contributed by atoms with Gasteiger partial charge in [0, 0.05) is 5.56 Å². The van der Waals surface area contributed by atoms with Crippen molar-refractivity contribution in [3.8, 4) is 6.07 Å². The lowest BCUT2D eigenvalue weighted by atomic mass is 10.0. The Hall–Kier alpha value is -1.86. The highest BCUT2D eigenvalue weighted by Crippen LogP contribution is 2.16. The van der Waals surface area contributed by atoms with Gasteiger partial charge in [-0.25, -0.2) is 4.79 Å². The summed E-state index contributed by atoms with van der Waals surface area (Å²) >= 11 is 0. The van der Waals surface area contributed by atoms with Crippen LogP contribution in [0.25, 0.3) is 0 Å². The van der Waals surface area contributed by atoms with Crippen LogP contribution < -0.4 is 0 Å². The Bertz CT molecular complexity index is 367. The molecule has 13 heavy (non-hydrogen) atoms. The van der Waals surface area contributed by atoms with Crippen molar-refractivity contribution in [3.63, 3.8) is 0 Å². The molecule has 0 radical (unpaired) electrons. The van der Waals surface area contributed by atoms with Crippen LogP contribution >= 0.6 is 0 Å². The average molecular weight is 177 g/mol. The number of aliphatic carboxylic acids is 1. The number of nitrogens with zero attached hydrogens (tertiary/aromatic N) is 1. The van der Waals surface area contributed by atoms with Crippen molar-refractivity contribution >= 4 is 5.97 Å². The molecule has 66 valence electrons. The first-order valence-electron chi connectivity index (χ1n) is 3.56. The summed E-state index contributed by atoms with van der Waals surface area (Å²) in [4.78, 5) is 10.4. The van der Waals surface area contributed by atoms with E-state index in [1.165, 1.54) is 12.1 Å². The average Bonchev–Trinajstić information content (AvgIpc) is 2.16. The molecule has 1 atom stereocenters. The lowest BCUT2D eigenvalue weighted by Gasteiger charge is -2.06. The molecule has 2 N–H and O–H groups in total. The van der Waals surface area contributed by atoms with Crippen molar-refractivity contribution in [1.82, 2.24) is 0 Å². The summed E-state index contributed by atoms with van der Waals surface area (Å²) in [7, 11) is 0. The van der Waals surface area contributed by atoms with Crippen LogP contribution in [0.2, 0.25) is 0 Å². The molecule has 0 fully saturated rings. The molecule has 4 heteroatoms. The summed E-state index contributed by atoms with van der Waals surface area (Å²) in [6, 6.07) is 7.86. The summed E-state index contributed by atoms with van der Waals surface area (Å²) < 4.78 is 0. The van der Waals surface area contributed by atoms with Crippen LogP contribution in [-0.4, -0.2) is 16.2 Å². The lowest BCUT2D eigenvalue weighted by Crippen LogP contribution is -2.11. The monoisotopic (exact) mass is 177 g/mol. The van der Waals surface area contributed by atoms with E-state index in [2.05, 4.69) is 0 Å². The first kappa shape index (κ1) is 9.23. The molecule has 1 unspecified atom stereocenters. The minimum Gasteiger partial charge on any atom is -0.479 e. The number of carbonyl (C=O) groups is 1. The highest BCUT2D eigenvalue weighted by Gasteiger charge is 2.18. The predicted molar refractivity (Wildman–Crippen MR) is 43.8 cm³/mol. The normalized spacial score (nSPS) is 11.7. The van der Waals surface area contributed by atoms with E-state index in [9.17, 15) is 4.79 Å². The van der Waals surface area contributed by atoms with Gasteiger partial charge in [0.15, 0.2) is 6.10 Å². The zero-order valence-electron chi connectivity index (χ0n) is 6.64. The molecule has 0 aliphatic carbocycles. The molecule has 0 saturated heterocycles. The first-order valence-corrected chi connectivity index (χ1v) is 3.56. The van der Waals surface area contributed by atoms with Gasteiger partial charge < -0.3 is 10.2 Å². The van der Waals surface area contributed by atoms with Crippen molar-refractivity contribution in [3.05, 3.63) is 35.4 Å². The maximum Gasteiger partial charge on any atom is 0.337 e. The van der Waals surface area contributed by atoms with Crippen LogP contribution in [0.4, 0.5) is 0 Å². The number of hydrogen-bond donors (Lipinski definition) is 2. The number of hydrogen-bond acceptors (Lipinski definition) is 3. The largest absolute Gasteiger partial charge is 0.479 e. The summed E-state index contributed by atoms with van der Waals surface area (Å²) in [6.45, 7) is 0. The van der Waals surface area contributed by atoms with E-state index in [0.717, 1.165) is 0 Å². The number of carboxylic acids is 1. The van der Waals surface area contributed by atoms with E-state index in [0.29, 0.717) is 0 Å². The Morgan fingerprint density at radius 1 is 1.46 bits per heavy atom. The first-order chi connectivity index (χ1) is 6.16. The molecule has 0 amide bonds. The summed E-state index contributed by atoms with van der Waals surface area (Å²) in [5, 5.41) is 26.3. The fourth-order valence-electron chi connectivity index (χ4n) is 0.970. The fraction of sp³-hybridized carbons (Fsp3) is 0.111. The second-order valence-corrected chi connectivity index (χ2v) is 2.44. The summed E-state index contributed by atoms with van der Waals surface area (Å²) in [6.07, 6.45) is -1.63. The van der Waals surface area contributed by atoms with E-state index in [-0.39, 0.29) is 11.1 Å². The predicted octanol–water partition coefficient (Wildman–Crippen LogP) is 0.676. The highest BCUT2D eigenvalue weighted by molar-refractivity contribution is 5.75. The molecule has 0 aliphatic rings. The van der Waals surface area contributed by atoms with Gasteiger partial charge in [0.05, 0.1) is 11.6 Å². The molecule has 1 rings (SSSR count). The number of aliphatic hydroxyl groups excluding tert-OH is 1. The van der Waals surface area contributed by atoms with Crippen LogP contribution in [-0.2, 0) is 4.79 Å². The smallest absolute Gasteiger partial charge is 0.337 e. The molecule has 0 spiro atoms. The Kier molecular flexibility index (Phi) is 2.62. The Labute approximate surface area is 74.7 Å². The van der Waals surface area contributed by atoms with Crippen LogP contribution in [0.15, 0.2) is 24.3 Å². The van der Waals surface area contributed by atoms with Crippen molar-refractivity contribution in [2.45, 2.75) is 6.10 Å². The molecule has 0 aromatic heterocycles. The standard InChI is InChI=1S/C9H7NO3/c10-5-6-3-1-2-4-7(6)8(11)9(12)13/h1-4,8,11H,(H,12,13). The zero-order valence-corrected chi connectivity index (χ0v) is 6.64. The maximum absolute atomic E-state index is 10.4. The third-order valence-corrected chi connectivity index (χ3v) is 1.61. The number of rotatable bonds is 2. The molecule has 4 nitrogen and oxygen atoms in total. The molecule has 0 saturated carbocycles. The van der Waals surface area contributed by atoms with E-state index in [1.807, 2.05) is 6.07 Å². The van der Waals surface area contributed by atoms with Crippen LogP contribution in [0.3, 0.4) is 0 Å². The molecule has 1 aromatic carbocycles. The number of benzene rings is 1. The molecule has 0 aliphatic heterocycles. The zero-order chi connectivity index (χ0) is 9.84. The quantitative estimate of drug-likeness (QED) is 0.695. The van der Waals surface area contributed by atoms with Gasteiger partial charge in [-0.1, -0.05) is 18.2 Å². The summed E-state index contributed by atoms with van der Waals surface area (Å²) in [5.74, 6) is -1.36. The molecule has 0 bridgehead atoms. The topological polar surface area (TPSA) is 81.3 Å². The van der Waals surface area contributed by atoms with Crippen LogP contribution in [0.1, 0.15) is 17.2 Å². The number of nitriles is 1. The third kappa shape index (κ3) is 1.83. The van der Waals surface area contributed by atoms with Crippen LogP contribution in [0.5, 0.6) is 0 Å². The minimum absolute atomic E-state index is 0.123. The van der Waals surface area contributed by atoms with E-state index in [1.54, 1.807) is 12.1 Å². The van der Waals surface area contributed by atoms with E-state index >= 15 is 0 Å². The molecule has 1 aromatic rings. The Balaban J connectivity index is 3.15. The van der Waals surface area contributed by atoms with Crippen molar-refractivity contribution < 1.29 is 15.0 Å². The molecule has 0 heterocycles. The summed E-state index contributed by atoms with van der Waals surface area (Å²) in [5.41, 5.74) is 0.301. The Morgan fingerprint density at radius 3 is 2.62 bits per heavy atom. The van der Waals surface area contributed by atoms with Gasteiger partial charge in [0.1, 0.15) is 0 Å². The molecular formula is C9H7NO3. The van der Waals surface area contributed by atoms with Crippen molar-refractivity contribution in [1.29, 1.82) is 5.26 Å². The van der Waals surface area contributed by atoms with Gasteiger partial charge in [-0.3, -0.25) is 0 Å². The van der Waals surface area contributed by atoms with E-state index < -0.39 is 12.1 Å². The second kappa shape index (κ2) is 3.70. The highest BCUT2D eigenvalue weighted by atomic mass is 16.4. The van der Waals surface area contributed by atoms with Gasteiger partial charge in [-0.15, -0.1) is 0 Å². The number of aliphatic hydroxyl groups is 1. The fourth-order valence-corrected chi connectivity index (χ4v) is 0.970. The Morgan fingerprint density at radius 2 is 2.08 bits per heavy atom. The van der Waals surface area contributed by atoms with Crippen molar-refractivity contribution in [2.24, 2.45) is 0 Å². The van der Waals surface area contributed by atoms with Crippen LogP contribution in [0, 0.1) is 11.3 Å². The van der Waals surface area contributed by atoms with Gasteiger partial charge in [0.2, 0.25) is 0 Å². The van der Waals surface area contributed by atoms with E-state index in [4.69, 9.17) is 15.5 Å². The second-order valence-electron chi connectivity index (χ2n) is 2.44. The van der Waals surface area contributed by atoms with Gasteiger partial charge in [-0.2, -0.15) is 5.26 Å².